The van der Waals surface area contributed by atoms with Crippen LogP contribution in [0.5, 0.6) is 0 Å². The van der Waals surface area contributed by atoms with Gasteiger partial charge in [-0.05, 0) is 18.2 Å². The summed E-state index contributed by atoms with van der Waals surface area (Å²) in [5.74, 6) is -0.941. The van der Waals surface area contributed by atoms with Gasteiger partial charge in [-0.3, -0.25) is 0 Å². The zero-order chi connectivity index (χ0) is 11.4. The molecule has 0 radical (unpaired) electrons. The van der Waals surface area contributed by atoms with E-state index in [-0.39, 0.29) is 10.9 Å². The molecule has 0 spiro atoms. The molecular formula is C11H8Br2F2. The molecule has 0 atom stereocenters. The first-order valence-corrected chi connectivity index (χ1v) is 6.04. The Kier molecular flexibility index (Phi) is 4.67. The molecule has 0 unspecified atom stereocenters. The maximum Gasteiger partial charge on any atom is 0.131 e. The Balaban J connectivity index is 3.43. The Labute approximate surface area is 104 Å². The van der Waals surface area contributed by atoms with E-state index in [0.717, 1.165) is 0 Å². The van der Waals surface area contributed by atoms with E-state index in [9.17, 15) is 8.78 Å². The van der Waals surface area contributed by atoms with E-state index in [0.29, 0.717) is 10.0 Å². The standard InChI is InChI=1S/C11H8Br2F2/c1-2-3-10(15)11-7(6-12)9(14)5-4-8(11)13/h2-5H,1,6H2/b10-3+. The van der Waals surface area contributed by atoms with Crippen LogP contribution >= 0.6 is 31.9 Å². The monoisotopic (exact) mass is 336 g/mol. The summed E-state index contributed by atoms with van der Waals surface area (Å²) < 4.78 is 27.5. The van der Waals surface area contributed by atoms with Crippen LogP contribution in [0.2, 0.25) is 0 Å². The highest BCUT2D eigenvalue weighted by atomic mass is 79.9. The number of alkyl halides is 1. The summed E-state index contributed by atoms with van der Waals surface area (Å²) >= 11 is 6.32. The molecule has 0 heterocycles. The molecule has 0 aliphatic rings. The van der Waals surface area contributed by atoms with Gasteiger partial charge in [0, 0.05) is 20.9 Å². The van der Waals surface area contributed by atoms with E-state index in [1.165, 1.54) is 24.3 Å². The maximum absolute atomic E-state index is 13.6. The lowest BCUT2D eigenvalue weighted by atomic mass is 10.1. The van der Waals surface area contributed by atoms with Gasteiger partial charge in [-0.1, -0.05) is 44.5 Å². The molecule has 0 saturated carbocycles. The van der Waals surface area contributed by atoms with Crippen LogP contribution in [0, 0.1) is 5.82 Å². The Bertz CT molecular complexity index is 411. The van der Waals surface area contributed by atoms with Gasteiger partial charge in [0.05, 0.1) is 0 Å². The maximum atomic E-state index is 13.6. The first-order valence-electron chi connectivity index (χ1n) is 4.13. The zero-order valence-electron chi connectivity index (χ0n) is 7.74. The van der Waals surface area contributed by atoms with Crippen LogP contribution in [-0.4, -0.2) is 0 Å². The second-order valence-corrected chi connectivity index (χ2v) is 4.18. The van der Waals surface area contributed by atoms with Gasteiger partial charge in [0.25, 0.3) is 0 Å². The van der Waals surface area contributed by atoms with Gasteiger partial charge in [0.15, 0.2) is 0 Å². The smallest absolute Gasteiger partial charge is 0.131 e. The summed E-state index contributed by atoms with van der Waals surface area (Å²) in [6, 6.07) is 2.78. The highest BCUT2D eigenvalue weighted by Gasteiger charge is 2.14. The van der Waals surface area contributed by atoms with Crippen molar-refractivity contribution in [3.05, 3.63) is 52.3 Å². The van der Waals surface area contributed by atoms with E-state index in [1.807, 2.05) is 0 Å². The van der Waals surface area contributed by atoms with Gasteiger partial charge >= 0.3 is 0 Å². The largest absolute Gasteiger partial charge is 0.207 e. The van der Waals surface area contributed by atoms with Gasteiger partial charge in [0.1, 0.15) is 11.6 Å². The number of allylic oxidation sites excluding steroid dienone is 2. The van der Waals surface area contributed by atoms with E-state index in [2.05, 4.69) is 38.4 Å². The average molecular weight is 338 g/mol. The van der Waals surface area contributed by atoms with Crippen molar-refractivity contribution in [2.45, 2.75) is 5.33 Å². The van der Waals surface area contributed by atoms with Gasteiger partial charge in [-0.2, -0.15) is 0 Å². The Hall–Kier alpha value is -0.480. The second kappa shape index (κ2) is 5.56. The predicted molar refractivity (Wildman–Crippen MR) is 66.0 cm³/mol. The molecule has 0 amide bonds. The summed E-state index contributed by atoms with van der Waals surface area (Å²) in [4.78, 5) is 0. The van der Waals surface area contributed by atoms with Crippen LogP contribution in [-0.2, 0) is 5.33 Å². The van der Waals surface area contributed by atoms with Crippen molar-refractivity contribution in [1.82, 2.24) is 0 Å². The first kappa shape index (κ1) is 12.6. The van der Waals surface area contributed by atoms with E-state index in [1.54, 1.807) is 0 Å². The van der Waals surface area contributed by atoms with Gasteiger partial charge < -0.3 is 0 Å². The van der Waals surface area contributed by atoms with Crippen LogP contribution < -0.4 is 0 Å². The molecule has 80 valence electrons. The minimum absolute atomic E-state index is 0.228. The molecule has 0 bridgehead atoms. The van der Waals surface area contributed by atoms with Crippen LogP contribution in [0.25, 0.3) is 5.83 Å². The molecule has 0 saturated heterocycles. The van der Waals surface area contributed by atoms with Gasteiger partial charge in [-0.15, -0.1) is 0 Å². The molecule has 0 aliphatic carbocycles. The fraction of sp³-hybridized carbons (Fsp3) is 0.0909. The van der Waals surface area contributed by atoms with Crippen molar-refractivity contribution in [3.8, 4) is 0 Å². The van der Waals surface area contributed by atoms with Crippen molar-refractivity contribution in [1.29, 1.82) is 0 Å². The lowest BCUT2D eigenvalue weighted by molar-refractivity contribution is 0.614. The molecule has 1 rings (SSSR count). The SMILES string of the molecule is C=C/C=C(/F)c1c(Br)ccc(F)c1CBr. The highest BCUT2D eigenvalue weighted by Crippen LogP contribution is 2.32. The third-order valence-electron chi connectivity index (χ3n) is 1.84. The van der Waals surface area contributed by atoms with Gasteiger partial charge in [0.2, 0.25) is 0 Å². The van der Waals surface area contributed by atoms with E-state index in [4.69, 9.17) is 0 Å². The fourth-order valence-corrected chi connectivity index (χ4v) is 2.28. The first-order chi connectivity index (χ1) is 7.11. The topological polar surface area (TPSA) is 0 Å². The predicted octanol–water partition coefficient (Wildman–Crippen LogP) is 4.98. The summed E-state index contributed by atoms with van der Waals surface area (Å²) in [7, 11) is 0. The molecule has 4 heteroatoms. The molecule has 15 heavy (non-hydrogen) atoms. The normalized spacial score (nSPS) is 11.6. The lowest BCUT2D eigenvalue weighted by Gasteiger charge is -2.08. The molecule has 0 nitrogen and oxygen atoms in total. The third-order valence-corrected chi connectivity index (χ3v) is 3.06. The Morgan fingerprint density at radius 2 is 2.13 bits per heavy atom. The van der Waals surface area contributed by atoms with Crippen molar-refractivity contribution in [3.63, 3.8) is 0 Å². The fourth-order valence-electron chi connectivity index (χ4n) is 1.17. The average Bonchev–Trinajstić information content (AvgIpc) is 2.21. The van der Waals surface area contributed by atoms with Crippen molar-refractivity contribution < 1.29 is 8.78 Å². The minimum atomic E-state index is -0.508. The third kappa shape index (κ3) is 2.75. The van der Waals surface area contributed by atoms with Crippen LogP contribution in [0.15, 0.2) is 35.3 Å². The Morgan fingerprint density at radius 1 is 1.47 bits per heavy atom. The van der Waals surface area contributed by atoms with Crippen molar-refractivity contribution >= 4 is 37.7 Å². The molecule has 0 aliphatic heterocycles. The molecule has 0 N–H and O–H groups in total. The lowest BCUT2D eigenvalue weighted by Crippen LogP contribution is -1.94. The summed E-state index contributed by atoms with van der Waals surface area (Å²) in [6.45, 7) is 3.40. The number of hydrogen-bond acceptors (Lipinski definition) is 0. The van der Waals surface area contributed by atoms with Crippen molar-refractivity contribution in [2.75, 3.05) is 0 Å². The number of hydrogen-bond donors (Lipinski definition) is 0. The van der Waals surface area contributed by atoms with Crippen LogP contribution in [0.3, 0.4) is 0 Å². The molecule has 1 aromatic carbocycles. The highest BCUT2D eigenvalue weighted by molar-refractivity contribution is 9.10. The molecule has 0 aromatic heterocycles. The summed E-state index contributed by atoms with van der Waals surface area (Å²) in [5, 5.41) is 0.256. The summed E-state index contributed by atoms with van der Waals surface area (Å²) in [6.07, 6.45) is 2.52. The van der Waals surface area contributed by atoms with E-state index < -0.39 is 11.6 Å². The van der Waals surface area contributed by atoms with Gasteiger partial charge in [-0.25, -0.2) is 8.78 Å². The molecule has 1 aromatic rings. The minimum Gasteiger partial charge on any atom is -0.207 e. The number of rotatable bonds is 3. The quantitative estimate of drug-likeness (QED) is 0.539. The molecule has 0 fully saturated rings. The zero-order valence-corrected chi connectivity index (χ0v) is 10.9. The van der Waals surface area contributed by atoms with Crippen LogP contribution in [0.1, 0.15) is 11.1 Å². The second-order valence-electron chi connectivity index (χ2n) is 2.77. The Morgan fingerprint density at radius 3 is 2.67 bits per heavy atom. The van der Waals surface area contributed by atoms with Crippen LogP contribution in [0.4, 0.5) is 8.78 Å². The summed E-state index contributed by atoms with van der Waals surface area (Å²) in [5.41, 5.74) is 0.520. The van der Waals surface area contributed by atoms with E-state index >= 15 is 0 Å². The molecular weight excluding hydrogens is 330 g/mol. The number of halogens is 4. The number of benzene rings is 1. The van der Waals surface area contributed by atoms with Crippen molar-refractivity contribution in [2.24, 2.45) is 0 Å².